The highest BCUT2D eigenvalue weighted by Gasteiger charge is 2.26. The Hall–Kier alpha value is -2.05. The van der Waals surface area contributed by atoms with Crippen LogP contribution in [0, 0.1) is 5.92 Å². The molecule has 7 nitrogen and oxygen atoms in total. The second kappa shape index (κ2) is 5.29. The summed E-state index contributed by atoms with van der Waals surface area (Å²) in [5.41, 5.74) is 5.86. The van der Waals surface area contributed by atoms with E-state index < -0.39 is 0 Å². The molecule has 1 saturated heterocycles. The number of H-pyrrole nitrogens is 1. The van der Waals surface area contributed by atoms with Crippen molar-refractivity contribution in [3.63, 3.8) is 0 Å². The van der Waals surface area contributed by atoms with E-state index in [1.54, 1.807) is 9.80 Å². The van der Waals surface area contributed by atoms with Gasteiger partial charge in [0.1, 0.15) is 11.5 Å². The van der Waals surface area contributed by atoms with Gasteiger partial charge in [0.05, 0.1) is 0 Å². The number of nitrogens with two attached hydrogens (primary N) is 1. The number of nitrogens with one attached hydrogen (secondary N) is 1. The van der Waals surface area contributed by atoms with Crippen molar-refractivity contribution in [3.05, 3.63) is 11.8 Å². The summed E-state index contributed by atoms with van der Waals surface area (Å²) in [6.07, 6.45) is 0. The average Bonchev–Trinajstić information content (AvgIpc) is 2.84. The highest BCUT2D eigenvalue weighted by Crippen LogP contribution is 2.11. The fraction of sp³-hybridized carbons (Fsp3) is 0.583. The van der Waals surface area contributed by atoms with Crippen molar-refractivity contribution >= 4 is 17.6 Å². The Labute approximate surface area is 111 Å². The second-order valence-electron chi connectivity index (χ2n) is 4.98. The van der Waals surface area contributed by atoms with E-state index in [-0.39, 0.29) is 17.7 Å². The highest BCUT2D eigenvalue weighted by molar-refractivity contribution is 5.93. The lowest BCUT2D eigenvalue weighted by atomic mass is 10.1. The lowest BCUT2D eigenvalue weighted by molar-refractivity contribution is -0.135. The zero-order valence-corrected chi connectivity index (χ0v) is 11.2. The quantitative estimate of drug-likeness (QED) is 0.782. The fourth-order valence-electron chi connectivity index (χ4n) is 2.11. The minimum atomic E-state index is -0.124. The van der Waals surface area contributed by atoms with Gasteiger partial charge in [-0.2, -0.15) is 5.10 Å². The molecule has 1 fully saturated rings. The number of carbonyl (C=O) groups excluding carboxylic acids is 2. The molecule has 0 aliphatic carbocycles. The number of hydrogen-bond acceptors (Lipinski definition) is 4. The number of anilines is 1. The van der Waals surface area contributed by atoms with Crippen molar-refractivity contribution in [1.82, 2.24) is 20.0 Å². The topological polar surface area (TPSA) is 95.3 Å². The molecule has 1 aliphatic rings. The van der Waals surface area contributed by atoms with E-state index >= 15 is 0 Å². The molecule has 0 spiro atoms. The van der Waals surface area contributed by atoms with E-state index in [1.165, 1.54) is 6.07 Å². The predicted molar refractivity (Wildman–Crippen MR) is 70.3 cm³/mol. The first-order valence-electron chi connectivity index (χ1n) is 6.38. The molecule has 0 atom stereocenters. The van der Waals surface area contributed by atoms with E-state index in [2.05, 4.69) is 10.2 Å². The number of nitrogen functional groups attached to an aromatic ring is 1. The van der Waals surface area contributed by atoms with Gasteiger partial charge in [0, 0.05) is 38.2 Å². The number of piperazine rings is 1. The van der Waals surface area contributed by atoms with Crippen LogP contribution in [0.25, 0.3) is 0 Å². The van der Waals surface area contributed by atoms with E-state index in [4.69, 9.17) is 5.73 Å². The molecule has 0 saturated carbocycles. The van der Waals surface area contributed by atoms with Crippen molar-refractivity contribution in [1.29, 1.82) is 0 Å². The zero-order valence-electron chi connectivity index (χ0n) is 11.2. The predicted octanol–water partition coefficient (Wildman–Crippen LogP) is -0.0677. The van der Waals surface area contributed by atoms with E-state index in [1.807, 2.05) is 13.8 Å². The monoisotopic (exact) mass is 265 g/mol. The molecule has 2 amide bonds. The standard InChI is InChI=1S/C12H19N5O2/c1-8(2)11(18)16-3-5-17(6-4-16)12(19)9-7-10(13)15-14-9/h7-8H,3-6H2,1-2H3,(H3,13,14,15). The number of hydrogen-bond donors (Lipinski definition) is 2. The van der Waals surface area contributed by atoms with Gasteiger partial charge in [-0.15, -0.1) is 0 Å². The number of aromatic amines is 1. The molecule has 7 heteroatoms. The molecule has 1 aromatic heterocycles. The number of aromatic nitrogens is 2. The van der Waals surface area contributed by atoms with Crippen molar-refractivity contribution in [2.45, 2.75) is 13.8 Å². The minimum Gasteiger partial charge on any atom is -0.382 e. The van der Waals surface area contributed by atoms with Crippen LogP contribution in [0.3, 0.4) is 0 Å². The molecule has 0 unspecified atom stereocenters. The zero-order chi connectivity index (χ0) is 14.0. The summed E-state index contributed by atoms with van der Waals surface area (Å²) in [4.78, 5) is 27.5. The summed E-state index contributed by atoms with van der Waals surface area (Å²) in [6.45, 7) is 5.99. The Bertz CT molecular complexity index is 474. The Kier molecular flexibility index (Phi) is 3.73. The Balaban J connectivity index is 1.93. The van der Waals surface area contributed by atoms with Crippen LogP contribution in [0.1, 0.15) is 24.3 Å². The minimum absolute atomic E-state index is 0.00495. The normalized spacial score (nSPS) is 15.9. The average molecular weight is 265 g/mol. The Morgan fingerprint density at radius 1 is 1.26 bits per heavy atom. The van der Waals surface area contributed by atoms with Gasteiger partial charge in [-0.3, -0.25) is 14.7 Å². The number of carbonyl (C=O) groups is 2. The molecule has 19 heavy (non-hydrogen) atoms. The van der Waals surface area contributed by atoms with Gasteiger partial charge in [-0.1, -0.05) is 13.8 Å². The SMILES string of the molecule is CC(C)C(=O)N1CCN(C(=O)c2cc(N)n[nH]2)CC1. The maximum atomic E-state index is 12.1. The van der Waals surface area contributed by atoms with Crippen LogP contribution in [-0.2, 0) is 4.79 Å². The highest BCUT2D eigenvalue weighted by atomic mass is 16.2. The lowest BCUT2D eigenvalue weighted by Crippen LogP contribution is -2.51. The molecular formula is C12H19N5O2. The van der Waals surface area contributed by atoms with E-state index in [9.17, 15) is 9.59 Å². The van der Waals surface area contributed by atoms with Crippen molar-refractivity contribution in [3.8, 4) is 0 Å². The summed E-state index contributed by atoms with van der Waals surface area (Å²) in [5, 5.41) is 6.35. The summed E-state index contributed by atoms with van der Waals surface area (Å²) < 4.78 is 0. The third kappa shape index (κ3) is 2.86. The molecule has 104 valence electrons. The number of rotatable bonds is 2. The first-order chi connectivity index (χ1) is 8.99. The van der Waals surface area contributed by atoms with Gasteiger partial charge in [-0.05, 0) is 0 Å². The first kappa shape index (κ1) is 13.4. The summed E-state index contributed by atoms with van der Waals surface area (Å²) in [7, 11) is 0. The number of amides is 2. The molecule has 0 aromatic carbocycles. The fourth-order valence-corrected chi connectivity index (χ4v) is 2.11. The third-order valence-electron chi connectivity index (χ3n) is 3.20. The molecule has 2 heterocycles. The van der Waals surface area contributed by atoms with Crippen LogP contribution < -0.4 is 5.73 Å². The van der Waals surface area contributed by atoms with Crippen molar-refractivity contribution in [2.75, 3.05) is 31.9 Å². The van der Waals surface area contributed by atoms with Crippen LogP contribution in [0.4, 0.5) is 5.82 Å². The summed E-state index contributed by atoms with van der Waals surface area (Å²) in [5.74, 6) is 0.311. The smallest absolute Gasteiger partial charge is 0.272 e. The molecule has 1 aromatic rings. The Morgan fingerprint density at radius 2 is 1.84 bits per heavy atom. The van der Waals surface area contributed by atoms with Crippen LogP contribution in [0.5, 0.6) is 0 Å². The van der Waals surface area contributed by atoms with Gasteiger partial charge in [-0.25, -0.2) is 0 Å². The van der Waals surface area contributed by atoms with Crippen molar-refractivity contribution in [2.24, 2.45) is 5.92 Å². The van der Waals surface area contributed by atoms with Gasteiger partial charge in [0.2, 0.25) is 5.91 Å². The lowest BCUT2D eigenvalue weighted by Gasteiger charge is -2.35. The maximum absolute atomic E-state index is 12.1. The van der Waals surface area contributed by atoms with Crippen LogP contribution in [-0.4, -0.2) is 58.0 Å². The third-order valence-corrected chi connectivity index (χ3v) is 3.20. The maximum Gasteiger partial charge on any atom is 0.272 e. The van der Waals surface area contributed by atoms with Gasteiger partial charge in [0.15, 0.2) is 0 Å². The molecule has 3 N–H and O–H groups in total. The van der Waals surface area contributed by atoms with E-state index in [0.717, 1.165) is 0 Å². The summed E-state index contributed by atoms with van der Waals surface area (Å²) >= 11 is 0. The molecule has 2 rings (SSSR count). The van der Waals surface area contributed by atoms with Gasteiger partial charge >= 0.3 is 0 Å². The van der Waals surface area contributed by atoms with Crippen molar-refractivity contribution < 1.29 is 9.59 Å². The van der Waals surface area contributed by atoms with Gasteiger partial charge < -0.3 is 15.5 Å². The van der Waals surface area contributed by atoms with Crippen LogP contribution >= 0.6 is 0 Å². The first-order valence-corrected chi connectivity index (χ1v) is 6.38. The Morgan fingerprint density at radius 3 is 2.32 bits per heavy atom. The molecule has 1 aliphatic heterocycles. The second-order valence-corrected chi connectivity index (χ2v) is 4.98. The molecule has 0 radical (unpaired) electrons. The van der Waals surface area contributed by atoms with Crippen LogP contribution in [0.2, 0.25) is 0 Å². The number of nitrogens with zero attached hydrogens (tertiary/aromatic N) is 3. The van der Waals surface area contributed by atoms with Gasteiger partial charge in [0.25, 0.3) is 5.91 Å². The summed E-state index contributed by atoms with van der Waals surface area (Å²) in [6, 6.07) is 1.52. The molecular weight excluding hydrogens is 246 g/mol. The largest absolute Gasteiger partial charge is 0.382 e. The van der Waals surface area contributed by atoms with Crippen LogP contribution in [0.15, 0.2) is 6.07 Å². The van der Waals surface area contributed by atoms with E-state index in [0.29, 0.717) is 37.7 Å². The molecule has 0 bridgehead atoms.